The van der Waals surface area contributed by atoms with Crippen LogP contribution in [0.5, 0.6) is 0 Å². The standard InChI is InChI=1S/C11H22N2O2/c1-11(2)9(14)5-8-13(11)10(15)6-7-12(3)4/h9,14H,5-8H2,1-4H3. The summed E-state index contributed by atoms with van der Waals surface area (Å²) in [5.41, 5.74) is -0.399. The SMILES string of the molecule is CN(C)CCC(=O)N1CCC(O)C1(C)C. The van der Waals surface area contributed by atoms with E-state index < -0.39 is 5.54 Å². The van der Waals surface area contributed by atoms with Crippen molar-refractivity contribution < 1.29 is 9.90 Å². The lowest BCUT2D eigenvalue weighted by Crippen LogP contribution is -2.48. The predicted molar refractivity (Wildman–Crippen MR) is 59.6 cm³/mol. The van der Waals surface area contributed by atoms with Crippen molar-refractivity contribution in [1.29, 1.82) is 0 Å². The average Bonchev–Trinajstić information content (AvgIpc) is 2.38. The molecule has 0 bridgehead atoms. The van der Waals surface area contributed by atoms with E-state index >= 15 is 0 Å². The van der Waals surface area contributed by atoms with Gasteiger partial charge in [0.05, 0.1) is 11.6 Å². The van der Waals surface area contributed by atoms with Gasteiger partial charge in [0.2, 0.25) is 5.91 Å². The number of aliphatic hydroxyl groups excluding tert-OH is 1. The number of nitrogens with zero attached hydrogens (tertiary/aromatic N) is 2. The topological polar surface area (TPSA) is 43.8 Å². The van der Waals surface area contributed by atoms with Gasteiger partial charge in [-0.3, -0.25) is 4.79 Å². The van der Waals surface area contributed by atoms with Gasteiger partial charge in [-0.25, -0.2) is 0 Å². The molecule has 0 spiro atoms. The lowest BCUT2D eigenvalue weighted by Gasteiger charge is -2.34. The summed E-state index contributed by atoms with van der Waals surface area (Å²) >= 11 is 0. The van der Waals surface area contributed by atoms with Crippen molar-refractivity contribution in [1.82, 2.24) is 9.80 Å². The molecule has 88 valence electrons. The Morgan fingerprint density at radius 3 is 2.53 bits per heavy atom. The molecule has 1 unspecified atom stereocenters. The van der Waals surface area contributed by atoms with Crippen LogP contribution in [-0.4, -0.2) is 59.6 Å². The summed E-state index contributed by atoms with van der Waals surface area (Å²) < 4.78 is 0. The van der Waals surface area contributed by atoms with Crippen LogP contribution in [0.1, 0.15) is 26.7 Å². The third kappa shape index (κ3) is 2.69. The number of hydrogen-bond donors (Lipinski definition) is 1. The lowest BCUT2D eigenvalue weighted by molar-refractivity contribution is -0.136. The van der Waals surface area contributed by atoms with Crippen molar-refractivity contribution in [2.24, 2.45) is 0 Å². The molecule has 1 amide bonds. The van der Waals surface area contributed by atoms with E-state index in [0.717, 1.165) is 6.54 Å². The molecule has 4 nitrogen and oxygen atoms in total. The molecule has 0 aromatic rings. The molecule has 0 aromatic heterocycles. The minimum atomic E-state index is -0.399. The maximum absolute atomic E-state index is 11.9. The van der Waals surface area contributed by atoms with Crippen LogP contribution in [0.15, 0.2) is 0 Å². The van der Waals surface area contributed by atoms with E-state index in [1.54, 1.807) is 4.90 Å². The van der Waals surface area contributed by atoms with Crippen LogP contribution >= 0.6 is 0 Å². The third-order valence-electron chi connectivity index (χ3n) is 3.21. The van der Waals surface area contributed by atoms with E-state index in [1.165, 1.54) is 0 Å². The fourth-order valence-corrected chi connectivity index (χ4v) is 1.97. The van der Waals surface area contributed by atoms with Gasteiger partial charge in [0.25, 0.3) is 0 Å². The Labute approximate surface area is 91.9 Å². The van der Waals surface area contributed by atoms with Crippen LogP contribution in [0.3, 0.4) is 0 Å². The molecule has 1 rings (SSSR count). The Hall–Kier alpha value is -0.610. The predicted octanol–water partition coefficient (Wildman–Crippen LogP) is 0.310. The zero-order chi connectivity index (χ0) is 11.6. The van der Waals surface area contributed by atoms with Crippen LogP contribution in [0, 0.1) is 0 Å². The highest BCUT2D eigenvalue weighted by Gasteiger charge is 2.42. The molecular formula is C11H22N2O2. The Morgan fingerprint density at radius 1 is 1.53 bits per heavy atom. The van der Waals surface area contributed by atoms with E-state index in [0.29, 0.717) is 19.4 Å². The quantitative estimate of drug-likeness (QED) is 0.735. The highest BCUT2D eigenvalue weighted by Crippen LogP contribution is 2.29. The van der Waals surface area contributed by atoms with Crippen LogP contribution < -0.4 is 0 Å². The average molecular weight is 214 g/mol. The number of likely N-dealkylation sites (tertiary alicyclic amines) is 1. The van der Waals surface area contributed by atoms with Crippen molar-refractivity contribution in [2.45, 2.75) is 38.3 Å². The van der Waals surface area contributed by atoms with Gasteiger partial charge in [0, 0.05) is 19.5 Å². The smallest absolute Gasteiger partial charge is 0.224 e. The molecule has 4 heteroatoms. The molecule has 1 aliphatic rings. The molecule has 1 saturated heterocycles. The first-order chi connectivity index (χ1) is 6.85. The van der Waals surface area contributed by atoms with Gasteiger partial charge in [0.1, 0.15) is 0 Å². The maximum atomic E-state index is 11.9. The summed E-state index contributed by atoms with van der Waals surface area (Å²) in [7, 11) is 3.91. The number of amides is 1. The molecule has 0 radical (unpaired) electrons. The molecule has 0 aliphatic carbocycles. The molecule has 0 saturated carbocycles. The first kappa shape index (κ1) is 12.5. The third-order valence-corrected chi connectivity index (χ3v) is 3.21. The summed E-state index contributed by atoms with van der Waals surface area (Å²) in [4.78, 5) is 15.7. The Balaban J connectivity index is 2.54. The Kier molecular flexibility index (Phi) is 3.73. The Bertz CT molecular complexity index is 239. The zero-order valence-electron chi connectivity index (χ0n) is 10.2. The minimum absolute atomic E-state index is 0.144. The molecular weight excluding hydrogens is 192 g/mol. The number of rotatable bonds is 3. The second-order valence-corrected chi connectivity index (χ2v) is 5.06. The van der Waals surface area contributed by atoms with Gasteiger partial charge in [-0.1, -0.05) is 0 Å². The first-order valence-corrected chi connectivity index (χ1v) is 5.49. The fourth-order valence-electron chi connectivity index (χ4n) is 1.97. The highest BCUT2D eigenvalue weighted by molar-refractivity contribution is 5.77. The van der Waals surface area contributed by atoms with Crippen LogP contribution in [0.2, 0.25) is 0 Å². The summed E-state index contributed by atoms with van der Waals surface area (Å²) in [5, 5.41) is 9.75. The number of aliphatic hydroxyl groups is 1. The maximum Gasteiger partial charge on any atom is 0.224 e. The highest BCUT2D eigenvalue weighted by atomic mass is 16.3. The second-order valence-electron chi connectivity index (χ2n) is 5.06. The minimum Gasteiger partial charge on any atom is -0.391 e. The normalized spacial score (nSPS) is 24.9. The van der Waals surface area contributed by atoms with E-state index in [2.05, 4.69) is 0 Å². The summed E-state index contributed by atoms with van der Waals surface area (Å²) in [5.74, 6) is 0.144. The monoisotopic (exact) mass is 214 g/mol. The van der Waals surface area contributed by atoms with Gasteiger partial charge in [-0.15, -0.1) is 0 Å². The van der Waals surface area contributed by atoms with Crippen molar-refractivity contribution in [3.63, 3.8) is 0 Å². The van der Waals surface area contributed by atoms with Gasteiger partial charge >= 0.3 is 0 Å². The summed E-state index contributed by atoms with van der Waals surface area (Å²) in [6.07, 6.45) is 0.838. The zero-order valence-corrected chi connectivity index (χ0v) is 10.2. The van der Waals surface area contributed by atoms with Gasteiger partial charge in [0.15, 0.2) is 0 Å². The first-order valence-electron chi connectivity index (χ1n) is 5.49. The van der Waals surface area contributed by atoms with Gasteiger partial charge in [-0.05, 0) is 34.4 Å². The van der Waals surface area contributed by atoms with Crippen LogP contribution in [-0.2, 0) is 4.79 Å². The van der Waals surface area contributed by atoms with E-state index in [9.17, 15) is 9.90 Å². The molecule has 1 fully saturated rings. The van der Waals surface area contributed by atoms with Gasteiger partial charge < -0.3 is 14.9 Å². The summed E-state index contributed by atoms with van der Waals surface area (Å²) in [6, 6.07) is 0. The van der Waals surface area contributed by atoms with Crippen LogP contribution in [0.4, 0.5) is 0 Å². The molecule has 1 aliphatic heterocycles. The number of hydrogen-bond acceptors (Lipinski definition) is 3. The number of carbonyl (C=O) groups excluding carboxylic acids is 1. The van der Waals surface area contributed by atoms with Crippen LogP contribution in [0.25, 0.3) is 0 Å². The molecule has 15 heavy (non-hydrogen) atoms. The summed E-state index contributed by atoms with van der Waals surface area (Å²) in [6.45, 7) is 5.30. The molecule has 1 atom stereocenters. The molecule has 1 heterocycles. The van der Waals surface area contributed by atoms with E-state index in [1.807, 2.05) is 32.8 Å². The van der Waals surface area contributed by atoms with Crippen molar-refractivity contribution in [3.8, 4) is 0 Å². The second kappa shape index (κ2) is 4.49. The Morgan fingerprint density at radius 2 is 2.13 bits per heavy atom. The fraction of sp³-hybridized carbons (Fsp3) is 0.909. The van der Waals surface area contributed by atoms with E-state index in [-0.39, 0.29) is 12.0 Å². The van der Waals surface area contributed by atoms with Crippen molar-refractivity contribution >= 4 is 5.91 Å². The lowest BCUT2D eigenvalue weighted by atomic mass is 9.98. The number of carbonyl (C=O) groups is 1. The van der Waals surface area contributed by atoms with Crippen molar-refractivity contribution in [3.05, 3.63) is 0 Å². The molecule has 1 N–H and O–H groups in total. The molecule has 0 aromatic carbocycles. The van der Waals surface area contributed by atoms with Gasteiger partial charge in [-0.2, -0.15) is 0 Å². The van der Waals surface area contributed by atoms with E-state index in [4.69, 9.17) is 0 Å². The largest absolute Gasteiger partial charge is 0.391 e. The van der Waals surface area contributed by atoms with Crippen molar-refractivity contribution in [2.75, 3.05) is 27.2 Å².